The van der Waals surface area contributed by atoms with Gasteiger partial charge in [-0.05, 0) is 12.1 Å². The Labute approximate surface area is 81.9 Å². The van der Waals surface area contributed by atoms with Gasteiger partial charge in [-0.1, -0.05) is 0 Å². The van der Waals surface area contributed by atoms with Crippen molar-refractivity contribution in [3.05, 3.63) is 17.8 Å². The second-order valence-electron chi connectivity index (χ2n) is 2.85. The molecule has 1 rings (SSSR count). The first-order valence-corrected chi connectivity index (χ1v) is 4.20. The van der Waals surface area contributed by atoms with Crippen molar-refractivity contribution in [2.45, 2.75) is 0 Å². The van der Waals surface area contributed by atoms with Crippen LogP contribution >= 0.6 is 0 Å². The van der Waals surface area contributed by atoms with Crippen LogP contribution in [0.1, 0.15) is 10.5 Å². The third kappa shape index (κ3) is 2.40. The fourth-order valence-corrected chi connectivity index (χ4v) is 0.968. The average Bonchev–Trinajstić information content (AvgIpc) is 2.18. The number of carbonyl (C=O) groups excluding carboxylic acids is 1. The second kappa shape index (κ2) is 4.52. The first kappa shape index (κ1) is 10.4. The Hall–Kier alpha value is -1.69. The number of hydrogen-bond acceptors (Lipinski definition) is 5. The minimum atomic E-state index is -0.578. The molecule has 0 aliphatic carbocycles. The van der Waals surface area contributed by atoms with E-state index in [-0.39, 0.29) is 5.69 Å². The van der Waals surface area contributed by atoms with Crippen LogP contribution in [-0.2, 0) is 0 Å². The molecule has 1 aromatic rings. The highest BCUT2D eigenvalue weighted by atomic mass is 16.1. The predicted molar refractivity (Wildman–Crippen MR) is 52.9 cm³/mol. The monoisotopic (exact) mass is 195 g/mol. The minimum absolute atomic E-state index is 0.162. The Morgan fingerprint density at radius 3 is 2.64 bits per heavy atom. The molecule has 0 atom stereocenters. The van der Waals surface area contributed by atoms with E-state index in [0.717, 1.165) is 0 Å². The molecule has 14 heavy (non-hydrogen) atoms. The van der Waals surface area contributed by atoms with Crippen molar-refractivity contribution in [3.63, 3.8) is 0 Å². The number of nitrogens with two attached hydrogens (primary N) is 2. The van der Waals surface area contributed by atoms with E-state index in [1.807, 2.05) is 11.9 Å². The zero-order valence-corrected chi connectivity index (χ0v) is 7.97. The fourth-order valence-electron chi connectivity index (χ4n) is 0.968. The van der Waals surface area contributed by atoms with Gasteiger partial charge in [0.1, 0.15) is 0 Å². The average molecular weight is 195 g/mol. The molecule has 0 bridgehead atoms. The zero-order chi connectivity index (χ0) is 10.6. The largest absolute Gasteiger partial charge is 0.364 e. The molecular formula is C8H13N5O. The highest BCUT2D eigenvalue weighted by Gasteiger charge is 2.05. The zero-order valence-electron chi connectivity index (χ0n) is 7.97. The Kier molecular flexibility index (Phi) is 3.35. The molecule has 1 aromatic heterocycles. The molecule has 0 aliphatic heterocycles. The van der Waals surface area contributed by atoms with E-state index >= 15 is 0 Å². The Morgan fingerprint density at radius 1 is 1.50 bits per heavy atom. The number of hydrogen-bond donors (Lipinski definition) is 2. The fraction of sp³-hybridized carbons (Fsp3) is 0.375. The highest BCUT2D eigenvalue weighted by Crippen LogP contribution is 2.05. The normalized spacial score (nSPS) is 9.86. The van der Waals surface area contributed by atoms with Gasteiger partial charge in [0.2, 0.25) is 0 Å². The van der Waals surface area contributed by atoms with E-state index < -0.39 is 5.91 Å². The summed E-state index contributed by atoms with van der Waals surface area (Å²) >= 11 is 0. The second-order valence-corrected chi connectivity index (χ2v) is 2.85. The van der Waals surface area contributed by atoms with E-state index in [4.69, 9.17) is 11.5 Å². The quantitative estimate of drug-likeness (QED) is 0.640. The van der Waals surface area contributed by atoms with Crippen molar-refractivity contribution in [2.75, 3.05) is 25.0 Å². The van der Waals surface area contributed by atoms with Gasteiger partial charge in [-0.15, -0.1) is 10.2 Å². The molecule has 0 saturated heterocycles. The maximum Gasteiger partial charge on any atom is 0.269 e. The number of amides is 1. The standard InChI is InChI=1S/C8H13N5O/c1-13(5-4-9)7-3-2-6(8(10)14)11-12-7/h2-3H,4-5,9H2,1H3,(H2,10,14). The molecule has 0 spiro atoms. The van der Waals surface area contributed by atoms with Gasteiger partial charge in [-0.3, -0.25) is 4.79 Å². The van der Waals surface area contributed by atoms with Gasteiger partial charge < -0.3 is 16.4 Å². The van der Waals surface area contributed by atoms with Crippen LogP contribution in [-0.4, -0.2) is 36.2 Å². The lowest BCUT2D eigenvalue weighted by Gasteiger charge is -2.15. The summed E-state index contributed by atoms with van der Waals surface area (Å²) in [7, 11) is 1.85. The summed E-state index contributed by atoms with van der Waals surface area (Å²) in [6.45, 7) is 1.22. The van der Waals surface area contributed by atoms with Crippen molar-refractivity contribution in [2.24, 2.45) is 11.5 Å². The van der Waals surface area contributed by atoms with Crippen LogP contribution in [0.4, 0.5) is 5.82 Å². The van der Waals surface area contributed by atoms with Crippen molar-refractivity contribution in [1.29, 1.82) is 0 Å². The van der Waals surface area contributed by atoms with E-state index in [0.29, 0.717) is 18.9 Å². The lowest BCUT2D eigenvalue weighted by atomic mass is 10.3. The number of aromatic nitrogens is 2. The molecule has 6 nitrogen and oxygen atoms in total. The molecule has 4 N–H and O–H groups in total. The van der Waals surface area contributed by atoms with Gasteiger partial charge in [0, 0.05) is 20.1 Å². The maximum absolute atomic E-state index is 10.7. The number of carbonyl (C=O) groups is 1. The summed E-state index contributed by atoms with van der Waals surface area (Å²) < 4.78 is 0. The van der Waals surface area contributed by atoms with E-state index in [2.05, 4.69) is 10.2 Å². The Bertz CT molecular complexity index is 310. The maximum atomic E-state index is 10.7. The highest BCUT2D eigenvalue weighted by molar-refractivity contribution is 5.90. The predicted octanol–water partition coefficient (Wildman–Crippen LogP) is -1.03. The van der Waals surface area contributed by atoms with Gasteiger partial charge >= 0.3 is 0 Å². The van der Waals surface area contributed by atoms with Crippen LogP contribution in [0.3, 0.4) is 0 Å². The third-order valence-corrected chi connectivity index (χ3v) is 1.76. The van der Waals surface area contributed by atoms with Crippen LogP contribution in [0.25, 0.3) is 0 Å². The third-order valence-electron chi connectivity index (χ3n) is 1.76. The van der Waals surface area contributed by atoms with Crippen molar-refractivity contribution >= 4 is 11.7 Å². The molecular weight excluding hydrogens is 182 g/mol. The van der Waals surface area contributed by atoms with Crippen LogP contribution in [0.5, 0.6) is 0 Å². The lowest BCUT2D eigenvalue weighted by Crippen LogP contribution is -2.26. The summed E-state index contributed by atoms with van der Waals surface area (Å²) in [6.07, 6.45) is 0. The molecule has 1 amide bonds. The Balaban J connectivity index is 2.77. The number of nitrogens with zero attached hydrogens (tertiary/aromatic N) is 3. The summed E-state index contributed by atoms with van der Waals surface area (Å²) in [6, 6.07) is 3.22. The van der Waals surface area contributed by atoms with Gasteiger partial charge in [-0.25, -0.2) is 0 Å². The molecule has 0 saturated carbocycles. The van der Waals surface area contributed by atoms with Gasteiger partial charge in [0.15, 0.2) is 11.5 Å². The Morgan fingerprint density at radius 2 is 2.21 bits per heavy atom. The van der Waals surface area contributed by atoms with Gasteiger partial charge in [-0.2, -0.15) is 0 Å². The molecule has 0 radical (unpaired) electrons. The minimum Gasteiger partial charge on any atom is -0.364 e. The topological polar surface area (TPSA) is 98.1 Å². The first-order valence-electron chi connectivity index (χ1n) is 4.20. The number of anilines is 1. The summed E-state index contributed by atoms with van der Waals surface area (Å²) in [5.41, 5.74) is 10.6. The van der Waals surface area contributed by atoms with Gasteiger partial charge in [0.05, 0.1) is 0 Å². The van der Waals surface area contributed by atoms with Crippen LogP contribution in [0.15, 0.2) is 12.1 Å². The molecule has 6 heteroatoms. The molecule has 76 valence electrons. The van der Waals surface area contributed by atoms with Crippen molar-refractivity contribution in [3.8, 4) is 0 Å². The first-order chi connectivity index (χ1) is 6.65. The number of primary amides is 1. The molecule has 0 aromatic carbocycles. The molecule has 0 unspecified atom stereocenters. The SMILES string of the molecule is CN(CCN)c1ccc(C(N)=O)nn1. The van der Waals surface area contributed by atoms with E-state index in [1.165, 1.54) is 6.07 Å². The van der Waals surface area contributed by atoms with Crippen molar-refractivity contribution in [1.82, 2.24) is 10.2 Å². The summed E-state index contributed by atoms with van der Waals surface area (Å²) in [4.78, 5) is 12.5. The molecule has 1 heterocycles. The molecule has 0 aliphatic rings. The van der Waals surface area contributed by atoms with Gasteiger partial charge in [0.25, 0.3) is 5.91 Å². The van der Waals surface area contributed by atoms with Crippen molar-refractivity contribution < 1.29 is 4.79 Å². The summed E-state index contributed by atoms with van der Waals surface area (Å²) in [5, 5.41) is 7.51. The number of rotatable bonds is 4. The van der Waals surface area contributed by atoms with Crippen LogP contribution < -0.4 is 16.4 Å². The van der Waals surface area contributed by atoms with E-state index in [1.54, 1.807) is 6.07 Å². The van der Waals surface area contributed by atoms with Crippen LogP contribution in [0, 0.1) is 0 Å². The lowest BCUT2D eigenvalue weighted by molar-refractivity contribution is 0.0994. The smallest absolute Gasteiger partial charge is 0.269 e. The molecule has 0 fully saturated rings. The van der Waals surface area contributed by atoms with Crippen LogP contribution in [0.2, 0.25) is 0 Å². The number of likely N-dealkylation sites (N-methyl/N-ethyl adjacent to an activating group) is 1. The van der Waals surface area contributed by atoms with E-state index in [9.17, 15) is 4.79 Å². The summed E-state index contributed by atoms with van der Waals surface area (Å²) in [5.74, 6) is 0.0889.